The first-order valence-corrected chi connectivity index (χ1v) is 7.31. The molecule has 2 rings (SSSR count). The fraction of sp³-hybridized carbons (Fsp3) is 0.714. The molecule has 0 spiro atoms. The number of rotatable bonds is 4. The molecule has 16 heavy (non-hydrogen) atoms. The predicted octanol–water partition coefficient (Wildman–Crippen LogP) is 3.93. The predicted molar refractivity (Wildman–Crippen MR) is 72.2 cm³/mol. The summed E-state index contributed by atoms with van der Waals surface area (Å²) in [5, 5.41) is 3.47. The van der Waals surface area contributed by atoms with E-state index in [1.807, 2.05) is 11.3 Å². The monoisotopic (exact) mass is 237 g/mol. The molecule has 0 fully saturated rings. The van der Waals surface area contributed by atoms with Gasteiger partial charge in [0.2, 0.25) is 0 Å². The molecule has 1 aliphatic carbocycles. The fourth-order valence-corrected chi connectivity index (χ4v) is 3.91. The lowest BCUT2D eigenvalue weighted by molar-refractivity contribution is 0.462. The highest BCUT2D eigenvalue weighted by Crippen LogP contribution is 2.34. The summed E-state index contributed by atoms with van der Waals surface area (Å²) >= 11 is 2.05. The Kier molecular flexibility index (Phi) is 4.04. The number of thiophene rings is 1. The molecule has 0 saturated heterocycles. The number of aryl methyl sites for hydroxylation is 2. The SMILES string of the molecule is CNC(CC(C)C)c1cc2c(s1)CCCC2. The lowest BCUT2D eigenvalue weighted by Crippen LogP contribution is -2.17. The minimum absolute atomic E-state index is 0.565. The van der Waals surface area contributed by atoms with Crippen molar-refractivity contribution in [1.29, 1.82) is 0 Å². The third-order valence-electron chi connectivity index (χ3n) is 3.41. The minimum Gasteiger partial charge on any atom is -0.312 e. The summed E-state index contributed by atoms with van der Waals surface area (Å²) < 4.78 is 0. The summed E-state index contributed by atoms with van der Waals surface area (Å²) in [6.45, 7) is 4.61. The summed E-state index contributed by atoms with van der Waals surface area (Å²) in [7, 11) is 2.09. The third kappa shape index (κ3) is 2.67. The molecule has 0 aliphatic heterocycles. The van der Waals surface area contributed by atoms with Crippen molar-refractivity contribution in [2.75, 3.05) is 7.05 Å². The largest absolute Gasteiger partial charge is 0.312 e. The molecule has 1 atom stereocenters. The van der Waals surface area contributed by atoms with E-state index in [0.29, 0.717) is 6.04 Å². The number of nitrogens with one attached hydrogen (secondary N) is 1. The van der Waals surface area contributed by atoms with E-state index in [9.17, 15) is 0 Å². The van der Waals surface area contributed by atoms with Gasteiger partial charge >= 0.3 is 0 Å². The molecule has 0 saturated carbocycles. The van der Waals surface area contributed by atoms with Crippen LogP contribution in [0, 0.1) is 5.92 Å². The first-order valence-electron chi connectivity index (χ1n) is 6.49. The fourth-order valence-electron chi connectivity index (χ4n) is 2.53. The number of hydrogen-bond acceptors (Lipinski definition) is 2. The maximum atomic E-state index is 3.47. The molecule has 0 radical (unpaired) electrons. The first-order chi connectivity index (χ1) is 7.70. The second-order valence-electron chi connectivity index (χ2n) is 5.28. The minimum atomic E-state index is 0.565. The van der Waals surface area contributed by atoms with Crippen molar-refractivity contribution in [2.45, 2.75) is 52.0 Å². The van der Waals surface area contributed by atoms with Crippen LogP contribution in [-0.2, 0) is 12.8 Å². The Hall–Kier alpha value is -0.340. The van der Waals surface area contributed by atoms with Crippen LogP contribution in [0.5, 0.6) is 0 Å². The normalized spacial score (nSPS) is 17.5. The van der Waals surface area contributed by atoms with Gasteiger partial charge in [-0.1, -0.05) is 13.8 Å². The molecule has 1 nitrogen and oxygen atoms in total. The van der Waals surface area contributed by atoms with E-state index in [4.69, 9.17) is 0 Å². The Morgan fingerprint density at radius 3 is 2.69 bits per heavy atom. The van der Waals surface area contributed by atoms with E-state index < -0.39 is 0 Å². The van der Waals surface area contributed by atoms with Crippen molar-refractivity contribution in [3.05, 3.63) is 21.4 Å². The zero-order chi connectivity index (χ0) is 11.5. The zero-order valence-electron chi connectivity index (χ0n) is 10.7. The second-order valence-corrected chi connectivity index (χ2v) is 6.44. The van der Waals surface area contributed by atoms with Crippen LogP contribution in [0.4, 0.5) is 0 Å². The molecule has 1 aromatic heterocycles. The molecule has 1 aromatic rings. The van der Waals surface area contributed by atoms with Gasteiger partial charge in [0.15, 0.2) is 0 Å². The molecule has 0 amide bonds. The lowest BCUT2D eigenvalue weighted by atomic mass is 9.97. The highest BCUT2D eigenvalue weighted by molar-refractivity contribution is 7.12. The van der Waals surface area contributed by atoms with E-state index in [-0.39, 0.29) is 0 Å². The molecule has 1 N–H and O–H groups in total. The van der Waals surface area contributed by atoms with Crippen molar-refractivity contribution in [2.24, 2.45) is 5.92 Å². The lowest BCUT2D eigenvalue weighted by Gasteiger charge is -2.16. The van der Waals surface area contributed by atoms with E-state index >= 15 is 0 Å². The molecule has 1 unspecified atom stereocenters. The highest BCUT2D eigenvalue weighted by Gasteiger charge is 2.18. The van der Waals surface area contributed by atoms with E-state index in [2.05, 4.69) is 32.3 Å². The molecule has 1 aliphatic rings. The molecular formula is C14H23NS. The molecule has 0 bridgehead atoms. The van der Waals surface area contributed by atoms with Gasteiger partial charge in [0.25, 0.3) is 0 Å². The number of fused-ring (bicyclic) bond motifs is 1. The Balaban J connectivity index is 2.15. The van der Waals surface area contributed by atoms with Crippen molar-refractivity contribution in [3.63, 3.8) is 0 Å². The Labute approximate surface area is 103 Å². The van der Waals surface area contributed by atoms with Crippen LogP contribution in [0.1, 0.15) is 54.5 Å². The van der Waals surface area contributed by atoms with Crippen LogP contribution in [0.2, 0.25) is 0 Å². The van der Waals surface area contributed by atoms with E-state index in [0.717, 1.165) is 5.92 Å². The molecule has 0 aromatic carbocycles. The smallest absolute Gasteiger partial charge is 0.0415 e. The summed E-state index contributed by atoms with van der Waals surface area (Å²) in [4.78, 5) is 3.22. The Morgan fingerprint density at radius 1 is 1.31 bits per heavy atom. The maximum Gasteiger partial charge on any atom is 0.0415 e. The topological polar surface area (TPSA) is 12.0 Å². The van der Waals surface area contributed by atoms with Gasteiger partial charge in [-0.15, -0.1) is 11.3 Å². The van der Waals surface area contributed by atoms with Crippen LogP contribution in [0.3, 0.4) is 0 Å². The van der Waals surface area contributed by atoms with Crippen LogP contribution >= 0.6 is 11.3 Å². The van der Waals surface area contributed by atoms with Crippen molar-refractivity contribution in [3.8, 4) is 0 Å². The van der Waals surface area contributed by atoms with Crippen LogP contribution in [0.25, 0.3) is 0 Å². The molecule has 90 valence electrons. The van der Waals surface area contributed by atoms with Crippen LogP contribution in [-0.4, -0.2) is 7.05 Å². The summed E-state index contributed by atoms with van der Waals surface area (Å²) in [6.07, 6.45) is 6.65. The summed E-state index contributed by atoms with van der Waals surface area (Å²) in [6, 6.07) is 3.03. The van der Waals surface area contributed by atoms with Gasteiger partial charge in [0.1, 0.15) is 0 Å². The standard InChI is InChI=1S/C14H23NS/c1-10(2)8-12(15-3)14-9-11-6-4-5-7-13(11)16-14/h9-10,12,15H,4-8H2,1-3H3. The van der Waals surface area contributed by atoms with Gasteiger partial charge in [-0.25, -0.2) is 0 Å². The Morgan fingerprint density at radius 2 is 2.06 bits per heavy atom. The van der Waals surface area contributed by atoms with Gasteiger partial charge in [0, 0.05) is 15.8 Å². The quantitative estimate of drug-likeness (QED) is 0.836. The van der Waals surface area contributed by atoms with Crippen molar-refractivity contribution in [1.82, 2.24) is 5.32 Å². The van der Waals surface area contributed by atoms with Crippen molar-refractivity contribution >= 4 is 11.3 Å². The van der Waals surface area contributed by atoms with Gasteiger partial charge in [-0.3, -0.25) is 0 Å². The summed E-state index contributed by atoms with van der Waals surface area (Å²) in [5.74, 6) is 0.761. The molecule has 1 heterocycles. The average molecular weight is 237 g/mol. The average Bonchev–Trinajstić information content (AvgIpc) is 2.68. The molecular weight excluding hydrogens is 214 g/mol. The van der Waals surface area contributed by atoms with Crippen LogP contribution < -0.4 is 5.32 Å². The van der Waals surface area contributed by atoms with Crippen LogP contribution in [0.15, 0.2) is 6.07 Å². The van der Waals surface area contributed by atoms with Gasteiger partial charge < -0.3 is 5.32 Å². The van der Waals surface area contributed by atoms with Gasteiger partial charge in [-0.2, -0.15) is 0 Å². The molecule has 2 heteroatoms. The van der Waals surface area contributed by atoms with E-state index in [1.54, 1.807) is 15.3 Å². The van der Waals surface area contributed by atoms with Crippen molar-refractivity contribution < 1.29 is 0 Å². The maximum absolute atomic E-state index is 3.47. The van der Waals surface area contributed by atoms with E-state index in [1.165, 1.54) is 32.1 Å². The first kappa shape index (κ1) is 12.1. The zero-order valence-corrected chi connectivity index (χ0v) is 11.5. The van der Waals surface area contributed by atoms with Gasteiger partial charge in [0.05, 0.1) is 0 Å². The summed E-state index contributed by atoms with van der Waals surface area (Å²) in [5.41, 5.74) is 1.63. The second kappa shape index (κ2) is 5.33. The Bertz CT molecular complexity index is 317. The number of hydrogen-bond donors (Lipinski definition) is 1. The third-order valence-corrected chi connectivity index (χ3v) is 4.77. The van der Waals surface area contributed by atoms with Gasteiger partial charge in [-0.05, 0) is 56.7 Å². The highest BCUT2D eigenvalue weighted by atomic mass is 32.1.